The highest BCUT2D eigenvalue weighted by atomic mass is 15.2. The Balaban J connectivity index is 1.75. The van der Waals surface area contributed by atoms with E-state index in [1.165, 1.54) is 58.5 Å². The summed E-state index contributed by atoms with van der Waals surface area (Å²) < 4.78 is 0. The summed E-state index contributed by atoms with van der Waals surface area (Å²) in [6.07, 6.45) is 4.22. The van der Waals surface area contributed by atoms with Crippen molar-refractivity contribution in [2.24, 2.45) is 5.92 Å². The number of nitrogens with one attached hydrogen (secondary N) is 1. The first-order valence-electron chi connectivity index (χ1n) is 7.50. The van der Waals surface area contributed by atoms with E-state index in [2.05, 4.69) is 29.0 Å². The van der Waals surface area contributed by atoms with E-state index in [9.17, 15) is 0 Å². The van der Waals surface area contributed by atoms with Crippen LogP contribution >= 0.6 is 0 Å². The molecule has 2 aliphatic rings. The van der Waals surface area contributed by atoms with Crippen LogP contribution in [0.1, 0.15) is 33.1 Å². The first-order chi connectivity index (χ1) is 8.33. The van der Waals surface area contributed by atoms with Gasteiger partial charge in [0.25, 0.3) is 0 Å². The van der Waals surface area contributed by atoms with Gasteiger partial charge in [0.2, 0.25) is 0 Å². The van der Waals surface area contributed by atoms with Crippen molar-refractivity contribution in [3.8, 4) is 0 Å². The van der Waals surface area contributed by atoms with E-state index in [1.54, 1.807) is 0 Å². The Bertz CT molecular complexity index is 220. The van der Waals surface area contributed by atoms with Gasteiger partial charge in [0.1, 0.15) is 0 Å². The molecular weight excluding hydrogens is 210 g/mol. The van der Waals surface area contributed by atoms with Crippen LogP contribution in [0.15, 0.2) is 0 Å². The summed E-state index contributed by atoms with van der Waals surface area (Å²) in [4.78, 5) is 5.37. The summed E-state index contributed by atoms with van der Waals surface area (Å²) in [5.74, 6) is 0.895. The molecule has 3 heteroatoms. The van der Waals surface area contributed by atoms with Crippen molar-refractivity contribution in [1.82, 2.24) is 15.1 Å². The number of likely N-dealkylation sites (N-methyl/N-ethyl adjacent to an activating group) is 1. The third kappa shape index (κ3) is 3.67. The highest BCUT2D eigenvalue weighted by Crippen LogP contribution is 2.23. The summed E-state index contributed by atoms with van der Waals surface area (Å²) >= 11 is 0. The van der Waals surface area contributed by atoms with Gasteiger partial charge in [-0.25, -0.2) is 0 Å². The van der Waals surface area contributed by atoms with E-state index < -0.39 is 0 Å². The number of rotatable bonds is 5. The molecule has 100 valence electrons. The quantitative estimate of drug-likeness (QED) is 0.782. The van der Waals surface area contributed by atoms with Crippen LogP contribution in [0.3, 0.4) is 0 Å². The Kier molecular flexibility index (Phi) is 5.26. The van der Waals surface area contributed by atoms with Crippen LogP contribution in [0.5, 0.6) is 0 Å². The lowest BCUT2D eigenvalue weighted by molar-refractivity contribution is 0.116. The SMILES string of the molecule is CCNCC1CCN(C2CCCN(CC)C2)C1. The topological polar surface area (TPSA) is 18.5 Å². The van der Waals surface area contributed by atoms with Crippen molar-refractivity contribution in [1.29, 1.82) is 0 Å². The second-order valence-electron chi connectivity index (χ2n) is 5.65. The molecule has 2 aliphatic heterocycles. The Hall–Kier alpha value is -0.120. The molecule has 0 aliphatic carbocycles. The lowest BCUT2D eigenvalue weighted by Crippen LogP contribution is -2.47. The van der Waals surface area contributed by atoms with E-state index in [4.69, 9.17) is 0 Å². The summed E-state index contributed by atoms with van der Waals surface area (Å²) in [6.45, 7) is 13.3. The van der Waals surface area contributed by atoms with Crippen LogP contribution in [0.2, 0.25) is 0 Å². The van der Waals surface area contributed by atoms with Gasteiger partial charge in [-0.05, 0) is 57.9 Å². The molecule has 0 aromatic heterocycles. The fraction of sp³-hybridized carbons (Fsp3) is 1.00. The summed E-state index contributed by atoms with van der Waals surface area (Å²) in [7, 11) is 0. The maximum atomic E-state index is 3.50. The maximum absolute atomic E-state index is 3.50. The van der Waals surface area contributed by atoms with Crippen molar-refractivity contribution in [2.45, 2.75) is 39.2 Å². The van der Waals surface area contributed by atoms with Gasteiger partial charge in [-0.15, -0.1) is 0 Å². The summed E-state index contributed by atoms with van der Waals surface area (Å²) in [5.41, 5.74) is 0. The van der Waals surface area contributed by atoms with E-state index in [1.807, 2.05) is 0 Å². The van der Waals surface area contributed by atoms with Crippen LogP contribution in [-0.2, 0) is 0 Å². The summed E-state index contributed by atoms with van der Waals surface area (Å²) in [6, 6.07) is 0.843. The number of hydrogen-bond donors (Lipinski definition) is 1. The highest BCUT2D eigenvalue weighted by molar-refractivity contribution is 4.86. The number of hydrogen-bond acceptors (Lipinski definition) is 3. The normalized spacial score (nSPS) is 32.1. The van der Waals surface area contributed by atoms with Crippen molar-refractivity contribution in [2.75, 3.05) is 45.8 Å². The Morgan fingerprint density at radius 2 is 2.00 bits per heavy atom. The molecule has 0 saturated carbocycles. The molecule has 0 radical (unpaired) electrons. The van der Waals surface area contributed by atoms with Gasteiger partial charge in [-0.1, -0.05) is 13.8 Å². The van der Waals surface area contributed by atoms with Crippen LogP contribution in [0, 0.1) is 5.92 Å². The average molecular weight is 239 g/mol. The number of likely N-dealkylation sites (tertiary alicyclic amines) is 2. The second-order valence-corrected chi connectivity index (χ2v) is 5.65. The number of nitrogens with zero attached hydrogens (tertiary/aromatic N) is 2. The van der Waals surface area contributed by atoms with Crippen LogP contribution in [-0.4, -0.2) is 61.7 Å². The van der Waals surface area contributed by atoms with Gasteiger partial charge in [0, 0.05) is 19.1 Å². The zero-order valence-electron chi connectivity index (χ0n) is 11.6. The lowest BCUT2D eigenvalue weighted by Gasteiger charge is -2.37. The van der Waals surface area contributed by atoms with Crippen molar-refractivity contribution < 1.29 is 0 Å². The van der Waals surface area contributed by atoms with Gasteiger partial charge < -0.3 is 10.2 Å². The smallest absolute Gasteiger partial charge is 0.0223 e. The minimum atomic E-state index is 0.843. The minimum absolute atomic E-state index is 0.843. The molecule has 1 N–H and O–H groups in total. The second kappa shape index (κ2) is 6.72. The third-order valence-electron chi connectivity index (χ3n) is 4.44. The van der Waals surface area contributed by atoms with E-state index in [-0.39, 0.29) is 0 Å². The van der Waals surface area contributed by atoms with Crippen molar-refractivity contribution in [3.63, 3.8) is 0 Å². The van der Waals surface area contributed by atoms with Gasteiger partial charge in [0.05, 0.1) is 0 Å². The van der Waals surface area contributed by atoms with Crippen LogP contribution in [0.4, 0.5) is 0 Å². The molecule has 0 aromatic carbocycles. The largest absolute Gasteiger partial charge is 0.317 e. The van der Waals surface area contributed by atoms with Gasteiger partial charge in [-0.3, -0.25) is 4.90 Å². The fourth-order valence-corrected chi connectivity index (χ4v) is 3.33. The van der Waals surface area contributed by atoms with E-state index >= 15 is 0 Å². The predicted molar refractivity (Wildman–Crippen MR) is 73.4 cm³/mol. The minimum Gasteiger partial charge on any atom is -0.317 e. The van der Waals surface area contributed by atoms with Gasteiger partial charge >= 0.3 is 0 Å². The molecule has 2 fully saturated rings. The standard InChI is InChI=1S/C14H29N3/c1-3-15-10-13-7-9-17(11-13)14-6-5-8-16(4-2)12-14/h13-15H,3-12H2,1-2H3. The predicted octanol–water partition coefficient (Wildman–Crippen LogP) is 1.40. The number of piperidine rings is 1. The molecule has 2 saturated heterocycles. The molecule has 0 amide bonds. The Morgan fingerprint density at radius 1 is 1.12 bits per heavy atom. The molecule has 0 spiro atoms. The maximum Gasteiger partial charge on any atom is 0.0223 e. The molecule has 3 nitrogen and oxygen atoms in total. The van der Waals surface area contributed by atoms with Gasteiger partial charge in [-0.2, -0.15) is 0 Å². The zero-order chi connectivity index (χ0) is 12.1. The zero-order valence-corrected chi connectivity index (χ0v) is 11.6. The molecule has 17 heavy (non-hydrogen) atoms. The molecule has 2 rings (SSSR count). The lowest BCUT2D eigenvalue weighted by atomic mass is 10.0. The van der Waals surface area contributed by atoms with Crippen LogP contribution < -0.4 is 5.32 Å². The Morgan fingerprint density at radius 3 is 2.76 bits per heavy atom. The molecule has 2 unspecified atom stereocenters. The van der Waals surface area contributed by atoms with Gasteiger partial charge in [0.15, 0.2) is 0 Å². The van der Waals surface area contributed by atoms with Crippen LogP contribution in [0.25, 0.3) is 0 Å². The molecular formula is C14H29N3. The van der Waals surface area contributed by atoms with Crippen molar-refractivity contribution >= 4 is 0 Å². The summed E-state index contributed by atoms with van der Waals surface area (Å²) in [5, 5.41) is 3.50. The molecule has 2 heterocycles. The van der Waals surface area contributed by atoms with E-state index in [0.717, 1.165) is 18.5 Å². The van der Waals surface area contributed by atoms with Crippen molar-refractivity contribution in [3.05, 3.63) is 0 Å². The molecule has 0 bridgehead atoms. The van der Waals surface area contributed by atoms with E-state index in [0.29, 0.717) is 0 Å². The third-order valence-corrected chi connectivity index (χ3v) is 4.44. The average Bonchev–Trinajstić information content (AvgIpc) is 2.85. The molecule has 2 atom stereocenters. The molecule has 0 aromatic rings. The fourth-order valence-electron chi connectivity index (χ4n) is 3.33. The first kappa shape index (κ1) is 13.3. The monoisotopic (exact) mass is 239 g/mol. The Labute approximate surface area is 107 Å². The highest BCUT2D eigenvalue weighted by Gasteiger charge is 2.30. The first-order valence-corrected chi connectivity index (χ1v) is 7.50.